The fourth-order valence-corrected chi connectivity index (χ4v) is 3.72. The third kappa shape index (κ3) is 3.87. The maximum absolute atomic E-state index is 12.4. The first-order valence-electron chi connectivity index (χ1n) is 8.01. The van der Waals surface area contributed by atoms with Crippen molar-refractivity contribution in [2.75, 3.05) is 13.1 Å². The van der Waals surface area contributed by atoms with Crippen LogP contribution in [-0.2, 0) is 16.6 Å². The maximum atomic E-state index is 12.4. The number of hydrogen-bond donors (Lipinski definition) is 2. The lowest BCUT2D eigenvalue weighted by molar-refractivity contribution is 0.574. The highest BCUT2D eigenvalue weighted by molar-refractivity contribution is 7.89. The number of sulfonamides is 1. The van der Waals surface area contributed by atoms with E-state index < -0.39 is 10.0 Å². The molecule has 2 N–H and O–H groups in total. The van der Waals surface area contributed by atoms with Gasteiger partial charge in [-0.3, -0.25) is 0 Å². The lowest BCUT2D eigenvalue weighted by Gasteiger charge is -2.07. The van der Waals surface area contributed by atoms with Crippen molar-refractivity contribution in [3.63, 3.8) is 0 Å². The molecule has 0 saturated heterocycles. The molecule has 0 amide bonds. The van der Waals surface area contributed by atoms with Crippen molar-refractivity contribution >= 4 is 10.0 Å². The van der Waals surface area contributed by atoms with Gasteiger partial charge < -0.3 is 9.88 Å². The standard InChI is InChI=1S/C15H25N3O2S/c1-2-16-10-14-9-15(11-18(14)13-5-6-13)21(19,20)17-8-7-12-3-4-12/h9,11-13,16-17H,2-8,10H2,1H3. The third-order valence-corrected chi connectivity index (χ3v) is 5.68. The first-order valence-corrected chi connectivity index (χ1v) is 9.49. The Bertz CT molecular complexity index is 586. The molecule has 0 spiro atoms. The predicted octanol–water partition coefficient (Wildman–Crippen LogP) is 2.01. The van der Waals surface area contributed by atoms with Crippen LogP contribution in [0.15, 0.2) is 17.2 Å². The van der Waals surface area contributed by atoms with Gasteiger partial charge in [-0.05, 0) is 37.8 Å². The second-order valence-electron chi connectivity index (χ2n) is 6.22. The van der Waals surface area contributed by atoms with Gasteiger partial charge in [0.2, 0.25) is 10.0 Å². The summed E-state index contributed by atoms with van der Waals surface area (Å²) in [7, 11) is -3.36. The molecule has 0 unspecified atom stereocenters. The van der Waals surface area contributed by atoms with E-state index in [9.17, 15) is 8.42 Å². The summed E-state index contributed by atoms with van der Waals surface area (Å²) < 4.78 is 29.6. The molecule has 0 aliphatic heterocycles. The average molecular weight is 311 g/mol. The Kier molecular flexibility index (Phi) is 4.38. The summed E-state index contributed by atoms with van der Waals surface area (Å²) in [6.45, 7) is 4.23. The molecule has 1 aromatic rings. The van der Waals surface area contributed by atoms with Crippen molar-refractivity contribution in [3.8, 4) is 0 Å². The molecule has 0 bridgehead atoms. The highest BCUT2D eigenvalue weighted by atomic mass is 32.2. The molecular weight excluding hydrogens is 286 g/mol. The molecule has 3 rings (SSSR count). The zero-order valence-corrected chi connectivity index (χ0v) is 13.5. The molecule has 0 atom stereocenters. The summed E-state index contributed by atoms with van der Waals surface area (Å²) in [6, 6.07) is 2.31. The Morgan fingerprint density at radius 2 is 2.05 bits per heavy atom. The molecule has 0 radical (unpaired) electrons. The van der Waals surface area contributed by atoms with Crippen LogP contribution in [0, 0.1) is 5.92 Å². The van der Waals surface area contributed by atoms with Crippen molar-refractivity contribution in [1.29, 1.82) is 0 Å². The second-order valence-corrected chi connectivity index (χ2v) is 7.98. The van der Waals surface area contributed by atoms with Crippen LogP contribution in [0.25, 0.3) is 0 Å². The summed E-state index contributed by atoms with van der Waals surface area (Å²) in [4.78, 5) is 0.415. The normalized spacial score (nSPS) is 19.1. The van der Waals surface area contributed by atoms with Crippen LogP contribution in [-0.4, -0.2) is 26.1 Å². The van der Waals surface area contributed by atoms with Crippen molar-refractivity contribution in [2.45, 2.75) is 56.5 Å². The maximum Gasteiger partial charge on any atom is 0.242 e. The fraction of sp³-hybridized carbons (Fsp3) is 0.733. The highest BCUT2D eigenvalue weighted by Gasteiger charge is 2.28. The lowest BCUT2D eigenvalue weighted by atomic mass is 10.3. The summed E-state index contributed by atoms with van der Waals surface area (Å²) >= 11 is 0. The lowest BCUT2D eigenvalue weighted by Crippen LogP contribution is -2.24. The monoisotopic (exact) mass is 311 g/mol. The third-order valence-electron chi connectivity index (χ3n) is 4.26. The van der Waals surface area contributed by atoms with Crippen molar-refractivity contribution in [1.82, 2.24) is 14.6 Å². The number of aromatic nitrogens is 1. The van der Waals surface area contributed by atoms with Gasteiger partial charge in [0.1, 0.15) is 0 Å². The molecule has 0 aromatic carbocycles. The van der Waals surface area contributed by atoms with Gasteiger partial charge in [-0.15, -0.1) is 0 Å². The number of rotatable bonds is 9. The van der Waals surface area contributed by atoms with E-state index in [4.69, 9.17) is 0 Å². The van der Waals surface area contributed by atoms with Crippen molar-refractivity contribution in [2.24, 2.45) is 5.92 Å². The molecular formula is C15H25N3O2S. The van der Waals surface area contributed by atoms with E-state index in [1.165, 1.54) is 12.8 Å². The topological polar surface area (TPSA) is 63.1 Å². The van der Waals surface area contributed by atoms with Gasteiger partial charge in [0.05, 0.1) is 4.90 Å². The van der Waals surface area contributed by atoms with Crippen molar-refractivity contribution < 1.29 is 8.42 Å². The van der Waals surface area contributed by atoms with Gasteiger partial charge in [-0.2, -0.15) is 0 Å². The summed E-state index contributed by atoms with van der Waals surface area (Å²) in [6.07, 6.45) is 7.60. The quantitative estimate of drug-likeness (QED) is 0.733. The predicted molar refractivity (Wildman–Crippen MR) is 82.6 cm³/mol. The van der Waals surface area contributed by atoms with Crippen LogP contribution in [0.2, 0.25) is 0 Å². The molecule has 21 heavy (non-hydrogen) atoms. The minimum atomic E-state index is -3.36. The Hall–Kier alpha value is -0.850. The Labute approximate surface area is 127 Å². The average Bonchev–Trinajstić information content (AvgIpc) is 3.36. The van der Waals surface area contributed by atoms with E-state index in [1.807, 2.05) is 12.3 Å². The van der Waals surface area contributed by atoms with Crippen LogP contribution < -0.4 is 10.0 Å². The van der Waals surface area contributed by atoms with E-state index in [1.54, 1.807) is 0 Å². The number of nitrogens with zero attached hydrogens (tertiary/aromatic N) is 1. The molecule has 6 heteroatoms. The van der Waals surface area contributed by atoms with E-state index in [-0.39, 0.29) is 0 Å². The first kappa shape index (κ1) is 15.1. The Morgan fingerprint density at radius 1 is 1.29 bits per heavy atom. The van der Waals surface area contributed by atoms with Gasteiger partial charge in [0.15, 0.2) is 0 Å². The summed E-state index contributed by atoms with van der Waals surface area (Å²) in [5.74, 6) is 0.744. The van der Waals surface area contributed by atoms with Crippen molar-refractivity contribution in [3.05, 3.63) is 18.0 Å². The summed E-state index contributed by atoms with van der Waals surface area (Å²) in [5, 5.41) is 3.28. The van der Waals surface area contributed by atoms with Crippen LogP contribution in [0.3, 0.4) is 0 Å². The Balaban J connectivity index is 1.70. The van der Waals surface area contributed by atoms with Gasteiger partial charge in [0.25, 0.3) is 0 Å². The first-order chi connectivity index (χ1) is 10.1. The van der Waals surface area contributed by atoms with E-state index >= 15 is 0 Å². The molecule has 1 aromatic heterocycles. The minimum absolute atomic E-state index is 0.415. The number of hydrogen-bond acceptors (Lipinski definition) is 3. The molecule has 2 aliphatic rings. The molecule has 2 aliphatic carbocycles. The Morgan fingerprint density at radius 3 is 2.67 bits per heavy atom. The minimum Gasteiger partial charge on any atom is -0.346 e. The largest absolute Gasteiger partial charge is 0.346 e. The van der Waals surface area contributed by atoms with E-state index in [2.05, 4.69) is 21.5 Å². The molecule has 2 fully saturated rings. The van der Waals surface area contributed by atoms with Crippen LogP contribution in [0.1, 0.15) is 50.8 Å². The van der Waals surface area contributed by atoms with Gasteiger partial charge in [0, 0.05) is 31.0 Å². The van der Waals surface area contributed by atoms with Crippen LogP contribution in [0.5, 0.6) is 0 Å². The summed E-state index contributed by atoms with van der Waals surface area (Å²) in [5.41, 5.74) is 1.07. The molecule has 2 saturated carbocycles. The van der Waals surface area contributed by atoms with Crippen LogP contribution >= 0.6 is 0 Å². The molecule has 118 valence electrons. The van der Waals surface area contributed by atoms with Gasteiger partial charge >= 0.3 is 0 Å². The zero-order valence-electron chi connectivity index (χ0n) is 12.6. The smallest absolute Gasteiger partial charge is 0.242 e. The van der Waals surface area contributed by atoms with Crippen LogP contribution in [0.4, 0.5) is 0 Å². The molecule has 5 nitrogen and oxygen atoms in total. The van der Waals surface area contributed by atoms with E-state index in [0.717, 1.165) is 44.0 Å². The number of nitrogens with one attached hydrogen (secondary N) is 2. The fourth-order valence-electron chi connectivity index (χ4n) is 2.62. The second kappa shape index (κ2) is 6.10. The molecule has 1 heterocycles. The van der Waals surface area contributed by atoms with Gasteiger partial charge in [-0.25, -0.2) is 13.1 Å². The highest BCUT2D eigenvalue weighted by Crippen LogP contribution is 2.37. The van der Waals surface area contributed by atoms with Gasteiger partial charge in [-0.1, -0.05) is 19.8 Å². The SMILES string of the molecule is CCNCc1cc(S(=O)(=O)NCCC2CC2)cn1C1CC1. The van der Waals surface area contributed by atoms with E-state index in [0.29, 0.717) is 17.5 Å². The zero-order chi connectivity index (χ0) is 14.9.